The van der Waals surface area contributed by atoms with Gasteiger partial charge in [-0.15, -0.1) is 0 Å². The first kappa shape index (κ1) is 13.9. The topological polar surface area (TPSA) is 62.2 Å². The van der Waals surface area contributed by atoms with Crippen molar-refractivity contribution in [3.63, 3.8) is 0 Å². The zero-order valence-electron chi connectivity index (χ0n) is 9.82. The number of aliphatic hydroxyl groups is 1. The second kappa shape index (κ2) is 7.25. The van der Waals surface area contributed by atoms with Crippen LogP contribution in [0.4, 0.5) is 0 Å². The van der Waals surface area contributed by atoms with Gasteiger partial charge in [0.1, 0.15) is 5.69 Å². The van der Waals surface area contributed by atoms with Crippen LogP contribution in [0.25, 0.3) is 0 Å². The highest BCUT2D eigenvalue weighted by Gasteiger charge is 2.10. The van der Waals surface area contributed by atoms with Gasteiger partial charge in [0.15, 0.2) is 0 Å². The van der Waals surface area contributed by atoms with Gasteiger partial charge in [-0.25, -0.2) is 4.98 Å². The maximum Gasteiger partial charge on any atom is 0.269 e. The summed E-state index contributed by atoms with van der Waals surface area (Å²) < 4.78 is 0. The third-order valence-electron chi connectivity index (χ3n) is 2.63. The Kier molecular flexibility index (Phi) is 5.94. The largest absolute Gasteiger partial charge is 0.396 e. The quantitative estimate of drug-likeness (QED) is 0.817. The zero-order valence-corrected chi connectivity index (χ0v) is 10.6. The molecule has 4 nitrogen and oxygen atoms in total. The van der Waals surface area contributed by atoms with Gasteiger partial charge in [-0.3, -0.25) is 4.79 Å². The average Bonchev–Trinajstić information content (AvgIpc) is 2.35. The number of carbonyl (C=O) groups excluding carboxylic acids is 1. The minimum atomic E-state index is -0.210. The highest BCUT2D eigenvalue weighted by atomic mass is 35.5. The summed E-state index contributed by atoms with van der Waals surface area (Å²) in [7, 11) is 0. The van der Waals surface area contributed by atoms with Crippen molar-refractivity contribution in [2.75, 3.05) is 13.2 Å². The van der Waals surface area contributed by atoms with Crippen molar-refractivity contribution in [2.45, 2.75) is 19.8 Å². The predicted octanol–water partition coefficient (Wildman–Crippen LogP) is 1.87. The molecular formula is C12H17ClN2O2. The number of aromatic nitrogens is 1. The molecule has 1 amide bonds. The highest BCUT2D eigenvalue weighted by Crippen LogP contribution is 2.08. The van der Waals surface area contributed by atoms with E-state index in [1.54, 1.807) is 12.1 Å². The number of nitrogens with zero attached hydrogens (tertiary/aromatic N) is 1. The number of rotatable bonds is 6. The first-order valence-corrected chi connectivity index (χ1v) is 6.05. The lowest BCUT2D eigenvalue weighted by Crippen LogP contribution is -2.30. The van der Waals surface area contributed by atoms with Crippen LogP contribution in [0.1, 0.15) is 30.3 Å². The van der Waals surface area contributed by atoms with E-state index >= 15 is 0 Å². The number of pyridine rings is 1. The van der Waals surface area contributed by atoms with Gasteiger partial charge >= 0.3 is 0 Å². The number of amides is 1. The molecule has 94 valence electrons. The summed E-state index contributed by atoms with van der Waals surface area (Å²) in [4.78, 5) is 15.6. The fourth-order valence-electron chi connectivity index (χ4n) is 1.47. The van der Waals surface area contributed by atoms with Crippen LogP contribution >= 0.6 is 11.6 Å². The molecule has 0 saturated carbocycles. The molecule has 0 bridgehead atoms. The average molecular weight is 257 g/mol. The van der Waals surface area contributed by atoms with Gasteiger partial charge in [-0.05, 0) is 24.5 Å². The minimum Gasteiger partial charge on any atom is -0.396 e. The lowest BCUT2D eigenvalue weighted by Gasteiger charge is -2.13. The zero-order chi connectivity index (χ0) is 12.7. The van der Waals surface area contributed by atoms with Crippen molar-refractivity contribution < 1.29 is 9.90 Å². The summed E-state index contributed by atoms with van der Waals surface area (Å²) >= 11 is 5.69. The third kappa shape index (κ3) is 4.71. The van der Waals surface area contributed by atoms with E-state index in [1.807, 2.05) is 6.92 Å². The van der Waals surface area contributed by atoms with Gasteiger partial charge in [-0.1, -0.05) is 24.9 Å². The second-order valence-corrected chi connectivity index (χ2v) is 4.29. The molecule has 2 N–H and O–H groups in total. The van der Waals surface area contributed by atoms with E-state index in [-0.39, 0.29) is 12.5 Å². The molecule has 1 unspecified atom stereocenters. The molecule has 1 heterocycles. The van der Waals surface area contributed by atoms with Gasteiger partial charge < -0.3 is 10.4 Å². The molecular weight excluding hydrogens is 240 g/mol. The number of hydrogen-bond donors (Lipinski definition) is 2. The Labute approximate surface area is 106 Å². The summed E-state index contributed by atoms with van der Waals surface area (Å²) in [5, 5.41) is 12.1. The molecule has 17 heavy (non-hydrogen) atoms. The summed E-state index contributed by atoms with van der Waals surface area (Å²) in [5.74, 6) is 0.0920. The van der Waals surface area contributed by atoms with Crippen molar-refractivity contribution in [2.24, 2.45) is 5.92 Å². The number of hydrogen-bond acceptors (Lipinski definition) is 3. The molecule has 0 fully saturated rings. The van der Waals surface area contributed by atoms with Gasteiger partial charge in [0.25, 0.3) is 5.91 Å². The molecule has 0 aliphatic rings. The summed E-state index contributed by atoms with van der Waals surface area (Å²) in [6, 6.07) is 3.22. The molecule has 1 rings (SSSR count). The lowest BCUT2D eigenvalue weighted by molar-refractivity contribution is 0.0938. The minimum absolute atomic E-state index is 0.146. The molecule has 0 saturated heterocycles. The lowest BCUT2D eigenvalue weighted by atomic mass is 10.0. The van der Waals surface area contributed by atoms with Crippen LogP contribution in [0, 0.1) is 5.92 Å². The molecule has 1 aromatic rings. The molecule has 1 atom stereocenters. The molecule has 0 aliphatic heterocycles. The molecule has 5 heteroatoms. The van der Waals surface area contributed by atoms with Crippen molar-refractivity contribution in [1.82, 2.24) is 10.3 Å². The molecule has 0 spiro atoms. The molecule has 0 aliphatic carbocycles. The Bertz CT molecular complexity index is 354. The number of nitrogens with one attached hydrogen (secondary N) is 1. The van der Waals surface area contributed by atoms with Crippen LogP contribution in [0.2, 0.25) is 5.02 Å². The van der Waals surface area contributed by atoms with Gasteiger partial charge in [0.2, 0.25) is 0 Å². The normalized spacial score (nSPS) is 12.2. The maximum absolute atomic E-state index is 11.7. The van der Waals surface area contributed by atoms with E-state index < -0.39 is 0 Å². The van der Waals surface area contributed by atoms with Crippen LogP contribution < -0.4 is 5.32 Å². The Morgan fingerprint density at radius 1 is 1.59 bits per heavy atom. The van der Waals surface area contributed by atoms with E-state index in [0.717, 1.165) is 6.42 Å². The van der Waals surface area contributed by atoms with E-state index in [0.29, 0.717) is 29.6 Å². The number of halogens is 1. The van der Waals surface area contributed by atoms with Gasteiger partial charge in [-0.2, -0.15) is 0 Å². The maximum atomic E-state index is 11.7. The molecule has 1 aromatic heterocycles. The fourth-order valence-corrected chi connectivity index (χ4v) is 1.58. The van der Waals surface area contributed by atoms with Crippen molar-refractivity contribution in [3.05, 3.63) is 29.0 Å². The van der Waals surface area contributed by atoms with E-state index in [1.165, 1.54) is 6.20 Å². The van der Waals surface area contributed by atoms with Gasteiger partial charge in [0.05, 0.1) is 5.02 Å². The molecule has 0 radical (unpaired) electrons. The number of aliphatic hydroxyl groups excluding tert-OH is 1. The Balaban J connectivity index is 2.46. The smallest absolute Gasteiger partial charge is 0.269 e. The van der Waals surface area contributed by atoms with Crippen LogP contribution in [0.3, 0.4) is 0 Å². The first-order valence-electron chi connectivity index (χ1n) is 5.68. The van der Waals surface area contributed by atoms with Crippen LogP contribution in [-0.4, -0.2) is 29.1 Å². The van der Waals surface area contributed by atoms with Crippen LogP contribution in [0.5, 0.6) is 0 Å². The summed E-state index contributed by atoms with van der Waals surface area (Å²) in [6.07, 6.45) is 3.07. The van der Waals surface area contributed by atoms with E-state index in [2.05, 4.69) is 10.3 Å². The Morgan fingerprint density at radius 2 is 2.35 bits per heavy atom. The van der Waals surface area contributed by atoms with Crippen LogP contribution in [-0.2, 0) is 0 Å². The second-order valence-electron chi connectivity index (χ2n) is 3.86. The highest BCUT2D eigenvalue weighted by molar-refractivity contribution is 6.30. The number of carbonyl (C=O) groups is 1. The van der Waals surface area contributed by atoms with Crippen molar-refractivity contribution >= 4 is 17.5 Å². The molecule has 0 aromatic carbocycles. The Hall–Kier alpha value is -1.13. The van der Waals surface area contributed by atoms with Gasteiger partial charge in [0, 0.05) is 19.3 Å². The third-order valence-corrected chi connectivity index (χ3v) is 2.85. The van der Waals surface area contributed by atoms with E-state index in [4.69, 9.17) is 16.7 Å². The summed E-state index contributed by atoms with van der Waals surface area (Å²) in [5.41, 5.74) is 0.355. The summed E-state index contributed by atoms with van der Waals surface area (Å²) in [6.45, 7) is 2.74. The monoisotopic (exact) mass is 256 g/mol. The van der Waals surface area contributed by atoms with E-state index in [9.17, 15) is 4.79 Å². The van der Waals surface area contributed by atoms with Crippen molar-refractivity contribution in [3.8, 4) is 0 Å². The first-order chi connectivity index (χ1) is 8.17. The SMILES string of the molecule is CCC(CCO)CNC(=O)c1ccc(Cl)cn1. The standard InChI is InChI=1S/C12H17ClN2O2/c1-2-9(5-6-16)7-15-12(17)11-4-3-10(13)8-14-11/h3-4,8-9,16H,2,5-7H2,1H3,(H,15,17). The van der Waals surface area contributed by atoms with Crippen molar-refractivity contribution in [1.29, 1.82) is 0 Å². The Morgan fingerprint density at radius 3 is 2.88 bits per heavy atom. The van der Waals surface area contributed by atoms with Crippen LogP contribution in [0.15, 0.2) is 18.3 Å². The predicted molar refractivity (Wildman–Crippen MR) is 67.1 cm³/mol. The fraction of sp³-hybridized carbons (Fsp3) is 0.500.